The molecule has 110 valence electrons. The molecule has 1 aromatic carbocycles. The Morgan fingerprint density at radius 1 is 1.40 bits per heavy atom. The maximum absolute atomic E-state index is 11.5. The van der Waals surface area contributed by atoms with E-state index in [0.29, 0.717) is 13.0 Å². The van der Waals surface area contributed by atoms with Gasteiger partial charge in [0.05, 0.1) is 6.61 Å². The molecule has 1 aliphatic heterocycles. The molecule has 1 heterocycles. The van der Waals surface area contributed by atoms with Crippen LogP contribution in [-0.4, -0.2) is 36.6 Å². The summed E-state index contributed by atoms with van der Waals surface area (Å²) < 4.78 is 4.94. The zero-order valence-electron chi connectivity index (χ0n) is 12.2. The lowest BCUT2D eigenvalue weighted by atomic mass is 10.0. The predicted molar refractivity (Wildman–Crippen MR) is 79.3 cm³/mol. The van der Waals surface area contributed by atoms with Gasteiger partial charge < -0.3 is 10.5 Å². The highest BCUT2D eigenvalue weighted by molar-refractivity contribution is 5.75. The smallest absolute Gasteiger partial charge is 0.322 e. The molecule has 1 atom stereocenters. The SMILES string of the molecule is CCOC(=O)C(N)CCN1CCCc2ccccc2C1. The third-order valence-corrected chi connectivity index (χ3v) is 3.78. The lowest BCUT2D eigenvalue weighted by Gasteiger charge is -2.21. The van der Waals surface area contributed by atoms with Gasteiger partial charge >= 0.3 is 5.97 Å². The van der Waals surface area contributed by atoms with E-state index in [1.807, 2.05) is 0 Å². The van der Waals surface area contributed by atoms with Gasteiger partial charge in [-0.3, -0.25) is 9.69 Å². The monoisotopic (exact) mass is 276 g/mol. The Morgan fingerprint density at radius 2 is 2.15 bits per heavy atom. The fourth-order valence-corrected chi connectivity index (χ4v) is 2.65. The minimum atomic E-state index is -0.506. The molecule has 20 heavy (non-hydrogen) atoms. The maximum Gasteiger partial charge on any atom is 0.322 e. The van der Waals surface area contributed by atoms with Gasteiger partial charge in [0, 0.05) is 13.1 Å². The maximum atomic E-state index is 11.5. The molecule has 0 radical (unpaired) electrons. The average Bonchev–Trinajstić information content (AvgIpc) is 2.66. The summed E-state index contributed by atoms with van der Waals surface area (Å²) in [6.07, 6.45) is 2.95. The van der Waals surface area contributed by atoms with E-state index < -0.39 is 6.04 Å². The van der Waals surface area contributed by atoms with Crippen molar-refractivity contribution in [2.24, 2.45) is 5.73 Å². The zero-order valence-corrected chi connectivity index (χ0v) is 12.2. The van der Waals surface area contributed by atoms with Crippen LogP contribution in [-0.2, 0) is 22.5 Å². The Labute approximate surface area is 120 Å². The van der Waals surface area contributed by atoms with Crippen LogP contribution in [0.1, 0.15) is 30.9 Å². The number of rotatable bonds is 5. The van der Waals surface area contributed by atoms with Gasteiger partial charge in [-0.05, 0) is 43.9 Å². The van der Waals surface area contributed by atoms with Crippen molar-refractivity contribution in [1.29, 1.82) is 0 Å². The van der Waals surface area contributed by atoms with Crippen LogP contribution < -0.4 is 5.73 Å². The molecule has 4 nitrogen and oxygen atoms in total. The summed E-state index contributed by atoms with van der Waals surface area (Å²) in [4.78, 5) is 13.9. The fraction of sp³-hybridized carbons (Fsp3) is 0.562. The summed E-state index contributed by atoms with van der Waals surface area (Å²) in [5.74, 6) is -0.289. The summed E-state index contributed by atoms with van der Waals surface area (Å²) in [5, 5.41) is 0. The van der Waals surface area contributed by atoms with Gasteiger partial charge in [-0.1, -0.05) is 24.3 Å². The van der Waals surface area contributed by atoms with E-state index in [2.05, 4.69) is 29.2 Å². The lowest BCUT2D eigenvalue weighted by molar-refractivity contribution is -0.144. The van der Waals surface area contributed by atoms with E-state index in [4.69, 9.17) is 10.5 Å². The number of carbonyl (C=O) groups excluding carboxylic acids is 1. The quantitative estimate of drug-likeness (QED) is 0.832. The van der Waals surface area contributed by atoms with Crippen molar-refractivity contribution in [3.63, 3.8) is 0 Å². The van der Waals surface area contributed by atoms with Crippen LogP contribution >= 0.6 is 0 Å². The average molecular weight is 276 g/mol. The van der Waals surface area contributed by atoms with E-state index in [0.717, 1.165) is 32.5 Å². The number of hydrogen-bond acceptors (Lipinski definition) is 4. The van der Waals surface area contributed by atoms with E-state index >= 15 is 0 Å². The summed E-state index contributed by atoms with van der Waals surface area (Å²) in [5.41, 5.74) is 8.70. The van der Waals surface area contributed by atoms with Crippen LogP contribution in [0.25, 0.3) is 0 Å². The second-order valence-electron chi connectivity index (χ2n) is 5.30. The van der Waals surface area contributed by atoms with Crippen LogP contribution in [0.2, 0.25) is 0 Å². The number of carbonyl (C=O) groups is 1. The van der Waals surface area contributed by atoms with Gasteiger partial charge in [0.1, 0.15) is 6.04 Å². The molecule has 0 aliphatic carbocycles. The van der Waals surface area contributed by atoms with Crippen LogP contribution in [0.5, 0.6) is 0 Å². The predicted octanol–water partition coefficient (Wildman–Crippen LogP) is 1.72. The fourth-order valence-electron chi connectivity index (χ4n) is 2.65. The number of nitrogens with two attached hydrogens (primary N) is 1. The summed E-state index contributed by atoms with van der Waals surface area (Å²) in [6, 6.07) is 8.09. The number of benzene rings is 1. The first-order valence-corrected chi connectivity index (χ1v) is 7.42. The third-order valence-electron chi connectivity index (χ3n) is 3.78. The summed E-state index contributed by atoms with van der Waals surface area (Å²) in [6.45, 7) is 5.05. The first-order valence-electron chi connectivity index (χ1n) is 7.42. The van der Waals surface area contributed by atoms with Gasteiger partial charge in [0.2, 0.25) is 0 Å². The highest BCUT2D eigenvalue weighted by Gasteiger charge is 2.18. The number of fused-ring (bicyclic) bond motifs is 1. The molecular weight excluding hydrogens is 252 g/mol. The van der Waals surface area contributed by atoms with E-state index in [-0.39, 0.29) is 5.97 Å². The molecular formula is C16H24N2O2. The standard InChI is InChI=1S/C16H24N2O2/c1-2-20-16(19)15(17)9-11-18-10-5-8-13-6-3-4-7-14(13)12-18/h3-4,6-7,15H,2,5,8-12,17H2,1H3. The number of nitrogens with zero attached hydrogens (tertiary/aromatic N) is 1. The Balaban J connectivity index is 1.86. The minimum Gasteiger partial charge on any atom is -0.465 e. The topological polar surface area (TPSA) is 55.6 Å². The first kappa shape index (κ1) is 15.0. The molecule has 0 amide bonds. The number of aryl methyl sites for hydroxylation is 1. The lowest BCUT2D eigenvalue weighted by Crippen LogP contribution is -2.36. The number of esters is 1. The van der Waals surface area contributed by atoms with Crippen molar-refractivity contribution < 1.29 is 9.53 Å². The zero-order chi connectivity index (χ0) is 14.4. The van der Waals surface area contributed by atoms with E-state index in [9.17, 15) is 4.79 Å². The molecule has 2 N–H and O–H groups in total. The second kappa shape index (κ2) is 7.41. The number of hydrogen-bond donors (Lipinski definition) is 1. The van der Waals surface area contributed by atoms with Crippen molar-refractivity contribution in [2.75, 3.05) is 19.7 Å². The Hall–Kier alpha value is -1.39. The highest BCUT2D eigenvalue weighted by Crippen LogP contribution is 2.18. The van der Waals surface area contributed by atoms with Crippen molar-refractivity contribution in [1.82, 2.24) is 4.90 Å². The largest absolute Gasteiger partial charge is 0.465 e. The van der Waals surface area contributed by atoms with Crippen molar-refractivity contribution in [2.45, 2.75) is 38.8 Å². The molecule has 1 aliphatic rings. The van der Waals surface area contributed by atoms with Gasteiger partial charge in [-0.2, -0.15) is 0 Å². The van der Waals surface area contributed by atoms with Gasteiger partial charge in [0.15, 0.2) is 0 Å². The molecule has 0 spiro atoms. The molecule has 0 aromatic heterocycles. The number of ether oxygens (including phenoxy) is 1. The normalized spacial score (nSPS) is 17.1. The molecule has 4 heteroatoms. The van der Waals surface area contributed by atoms with E-state index in [1.165, 1.54) is 11.1 Å². The molecule has 0 bridgehead atoms. The van der Waals surface area contributed by atoms with Crippen molar-refractivity contribution in [3.8, 4) is 0 Å². The van der Waals surface area contributed by atoms with Crippen LogP contribution in [0.3, 0.4) is 0 Å². The third kappa shape index (κ3) is 4.05. The van der Waals surface area contributed by atoms with Gasteiger partial charge in [-0.15, -0.1) is 0 Å². The molecule has 1 aromatic rings. The molecule has 2 rings (SSSR count). The minimum absolute atomic E-state index is 0.289. The summed E-state index contributed by atoms with van der Waals surface area (Å²) >= 11 is 0. The van der Waals surface area contributed by atoms with E-state index in [1.54, 1.807) is 6.92 Å². The second-order valence-corrected chi connectivity index (χ2v) is 5.30. The van der Waals surface area contributed by atoms with Gasteiger partial charge in [-0.25, -0.2) is 0 Å². The Bertz CT molecular complexity index is 448. The van der Waals surface area contributed by atoms with Crippen LogP contribution in [0, 0.1) is 0 Å². The van der Waals surface area contributed by atoms with Crippen LogP contribution in [0.15, 0.2) is 24.3 Å². The molecule has 0 fully saturated rings. The highest BCUT2D eigenvalue weighted by atomic mass is 16.5. The van der Waals surface area contributed by atoms with Crippen molar-refractivity contribution >= 4 is 5.97 Å². The Morgan fingerprint density at radius 3 is 2.90 bits per heavy atom. The first-order chi connectivity index (χ1) is 9.70. The molecule has 1 unspecified atom stereocenters. The molecule has 0 saturated carbocycles. The summed E-state index contributed by atoms with van der Waals surface area (Å²) in [7, 11) is 0. The van der Waals surface area contributed by atoms with Gasteiger partial charge in [0.25, 0.3) is 0 Å². The Kier molecular flexibility index (Phi) is 5.56. The van der Waals surface area contributed by atoms with Crippen LogP contribution in [0.4, 0.5) is 0 Å². The molecule has 0 saturated heterocycles. The van der Waals surface area contributed by atoms with Crippen molar-refractivity contribution in [3.05, 3.63) is 35.4 Å².